The number of aromatic nitrogens is 1. The molecular weight excluding hydrogens is 372 g/mol. The van der Waals surface area contributed by atoms with Crippen molar-refractivity contribution in [2.24, 2.45) is 0 Å². The smallest absolute Gasteiger partial charge is 0.243 e. The lowest BCUT2D eigenvalue weighted by atomic mass is 9.99. The molecular formula is C22H26N2O3S. The van der Waals surface area contributed by atoms with E-state index in [0.29, 0.717) is 36.1 Å². The van der Waals surface area contributed by atoms with Crippen LogP contribution in [-0.4, -0.2) is 31.4 Å². The van der Waals surface area contributed by atoms with E-state index >= 15 is 0 Å². The van der Waals surface area contributed by atoms with Crippen molar-refractivity contribution in [2.75, 3.05) is 13.7 Å². The van der Waals surface area contributed by atoms with E-state index in [1.165, 1.54) is 5.56 Å². The Morgan fingerprint density at radius 2 is 1.93 bits per heavy atom. The van der Waals surface area contributed by atoms with Gasteiger partial charge in [0.2, 0.25) is 10.0 Å². The zero-order valence-electron chi connectivity index (χ0n) is 16.7. The fourth-order valence-electron chi connectivity index (χ4n) is 3.93. The topological polar surface area (TPSA) is 62.4 Å². The van der Waals surface area contributed by atoms with Gasteiger partial charge in [-0.25, -0.2) is 8.42 Å². The number of H-pyrrole nitrogens is 1. The van der Waals surface area contributed by atoms with E-state index in [1.807, 2.05) is 6.92 Å². The highest BCUT2D eigenvalue weighted by Gasteiger charge is 2.30. The summed E-state index contributed by atoms with van der Waals surface area (Å²) in [5, 5.41) is 1.13. The second-order valence-corrected chi connectivity index (χ2v) is 9.70. The normalized spacial score (nSPS) is 15.2. The van der Waals surface area contributed by atoms with Gasteiger partial charge in [-0.3, -0.25) is 0 Å². The second kappa shape index (κ2) is 6.94. The first-order valence-corrected chi connectivity index (χ1v) is 11.0. The Bertz CT molecular complexity index is 1150. The summed E-state index contributed by atoms with van der Waals surface area (Å²) in [4.78, 5) is 3.80. The van der Waals surface area contributed by atoms with Crippen molar-refractivity contribution in [1.82, 2.24) is 9.29 Å². The van der Waals surface area contributed by atoms with Crippen LogP contribution in [0.3, 0.4) is 0 Å². The Morgan fingerprint density at radius 3 is 2.61 bits per heavy atom. The van der Waals surface area contributed by atoms with Crippen molar-refractivity contribution in [3.05, 3.63) is 58.8 Å². The van der Waals surface area contributed by atoms with Crippen molar-refractivity contribution >= 4 is 20.9 Å². The third kappa shape index (κ3) is 3.10. The highest BCUT2D eigenvalue weighted by Crippen LogP contribution is 2.33. The lowest BCUT2D eigenvalue weighted by Gasteiger charge is -2.27. The summed E-state index contributed by atoms with van der Waals surface area (Å²) in [6.45, 7) is 7.07. The maximum absolute atomic E-state index is 13.3. The van der Waals surface area contributed by atoms with Crippen LogP contribution in [-0.2, 0) is 23.0 Å². The highest BCUT2D eigenvalue weighted by molar-refractivity contribution is 7.89. The van der Waals surface area contributed by atoms with Crippen molar-refractivity contribution < 1.29 is 13.2 Å². The van der Waals surface area contributed by atoms with Gasteiger partial charge in [-0.2, -0.15) is 4.31 Å². The number of rotatable bonds is 4. The van der Waals surface area contributed by atoms with Gasteiger partial charge in [0.25, 0.3) is 0 Å². The quantitative estimate of drug-likeness (QED) is 0.710. The first-order valence-electron chi connectivity index (χ1n) is 9.59. The van der Waals surface area contributed by atoms with E-state index in [-0.39, 0.29) is 0 Å². The molecule has 1 aliphatic heterocycles. The zero-order chi connectivity index (χ0) is 20.1. The molecule has 5 nitrogen and oxygen atoms in total. The summed E-state index contributed by atoms with van der Waals surface area (Å²) < 4.78 is 33.4. The first kappa shape index (κ1) is 19.0. The fraction of sp³-hybridized carbons (Fsp3) is 0.364. The minimum atomic E-state index is -3.56. The van der Waals surface area contributed by atoms with Gasteiger partial charge in [0.1, 0.15) is 5.75 Å². The maximum atomic E-state index is 13.3. The molecule has 1 aromatic heterocycles. The Balaban J connectivity index is 1.72. The van der Waals surface area contributed by atoms with Crippen LogP contribution in [0.15, 0.2) is 41.3 Å². The number of hydrogen-bond donors (Lipinski definition) is 1. The van der Waals surface area contributed by atoms with Crippen LogP contribution in [0.2, 0.25) is 0 Å². The van der Waals surface area contributed by atoms with Crippen LogP contribution in [0.4, 0.5) is 0 Å². The number of benzene rings is 2. The minimum Gasteiger partial charge on any atom is -0.496 e. The molecule has 0 amide bonds. The van der Waals surface area contributed by atoms with Crippen LogP contribution >= 0.6 is 0 Å². The van der Waals surface area contributed by atoms with Crippen LogP contribution in [0.5, 0.6) is 5.75 Å². The van der Waals surface area contributed by atoms with Crippen LogP contribution in [0.25, 0.3) is 10.9 Å². The van der Waals surface area contributed by atoms with E-state index < -0.39 is 10.0 Å². The van der Waals surface area contributed by atoms with Crippen molar-refractivity contribution in [3.8, 4) is 5.75 Å². The molecule has 3 aromatic rings. The molecule has 28 heavy (non-hydrogen) atoms. The average Bonchev–Trinajstić information content (AvgIpc) is 3.04. The molecule has 1 N–H and O–H groups in total. The maximum Gasteiger partial charge on any atom is 0.243 e. The van der Waals surface area contributed by atoms with Gasteiger partial charge in [-0.1, -0.05) is 19.9 Å². The molecule has 2 heterocycles. The fourth-order valence-corrected chi connectivity index (χ4v) is 5.43. The number of nitrogens with zero attached hydrogens (tertiary/aromatic N) is 1. The molecule has 1 aliphatic rings. The monoisotopic (exact) mass is 398 g/mol. The third-order valence-corrected chi connectivity index (χ3v) is 7.48. The molecule has 0 bridgehead atoms. The number of methoxy groups -OCH3 is 1. The van der Waals surface area contributed by atoms with Crippen LogP contribution in [0.1, 0.15) is 42.1 Å². The number of hydrogen-bond acceptors (Lipinski definition) is 3. The molecule has 0 saturated heterocycles. The summed E-state index contributed by atoms with van der Waals surface area (Å²) in [5.41, 5.74) is 5.40. The first-order chi connectivity index (χ1) is 13.3. The van der Waals surface area contributed by atoms with Gasteiger partial charge >= 0.3 is 0 Å². The van der Waals surface area contributed by atoms with Crippen LogP contribution in [0, 0.1) is 6.92 Å². The van der Waals surface area contributed by atoms with Gasteiger partial charge in [0.15, 0.2) is 0 Å². The standard InChI is InChI=1S/C22H26N2O3S/c1-14(2)16-5-7-20-18(12-16)19-13-24(10-9-21(19)23-20)28(25,26)17-6-8-22(27-4)15(3)11-17/h5-8,11-12,14,23H,9-10,13H2,1-4H3. The predicted octanol–water partition coefficient (Wildman–Crippen LogP) is 4.36. The number of ether oxygens (including phenoxy) is 1. The average molecular weight is 399 g/mol. The lowest BCUT2D eigenvalue weighted by molar-refractivity contribution is 0.390. The van der Waals surface area contributed by atoms with Gasteiger partial charge in [-0.05, 0) is 59.9 Å². The Morgan fingerprint density at radius 1 is 1.14 bits per heavy atom. The van der Waals surface area contributed by atoms with E-state index in [2.05, 4.69) is 37.0 Å². The number of nitrogens with one attached hydrogen (secondary N) is 1. The number of sulfonamides is 1. The predicted molar refractivity (Wildman–Crippen MR) is 111 cm³/mol. The van der Waals surface area contributed by atoms with Gasteiger partial charge in [0, 0.05) is 36.1 Å². The highest BCUT2D eigenvalue weighted by atomic mass is 32.2. The summed E-state index contributed by atoms with van der Waals surface area (Å²) in [5.74, 6) is 1.12. The molecule has 2 aromatic carbocycles. The van der Waals surface area contributed by atoms with Crippen molar-refractivity contribution in [1.29, 1.82) is 0 Å². The van der Waals surface area contributed by atoms with E-state index in [9.17, 15) is 8.42 Å². The molecule has 0 fully saturated rings. The van der Waals surface area contributed by atoms with Crippen molar-refractivity contribution in [3.63, 3.8) is 0 Å². The molecule has 6 heteroatoms. The van der Waals surface area contributed by atoms with E-state index in [4.69, 9.17) is 4.74 Å². The lowest BCUT2D eigenvalue weighted by Crippen LogP contribution is -2.35. The molecule has 148 valence electrons. The van der Waals surface area contributed by atoms with Crippen molar-refractivity contribution in [2.45, 2.75) is 44.6 Å². The molecule has 0 radical (unpaired) electrons. The minimum absolute atomic E-state index is 0.317. The third-order valence-electron chi connectivity index (χ3n) is 5.64. The van der Waals surface area contributed by atoms with Gasteiger partial charge in [0.05, 0.1) is 12.0 Å². The van der Waals surface area contributed by atoms with Gasteiger partial charge < -0.3 is 9.72 Å². The Kier molecular flexibility index (Phi) is 4.71. The number of aryl methyl sites for hydroxylation is 1. The largest absolute Gasteiger partial charge is 0.496 e. The number of aromatic amines is 1. The number of fused-ring (bicyclic) bond motifs is 3. The molecule has 0 unspecified atom stereocenters. The molecule has 0 saturated carbocycles. The van der Waals surface area contributed by atoms with E-state index in [0.717, 1.165) is 27.7 Å². The van der Waals surface area contributed by atoms with Crippen LogP contribution < -0.4 is 4.74 Å². The zero-order valence-corrected chi connectivity index (χ0v) is 17.6. The second-order valence-electron chi connectivity index (χ2n) is 7.76. The molecule has 0 atom stereocenters. The molecule has 4 rings (SSSR count). The Hall–Kier alpha value is -2.31. The summed E-state index contributed by atoms with van der Waals surface area (Å²) in [7, 11) is -1.97. The molecule has 0 aliphatic carbocycles. The Labute approximate surface area is 166 Å². The summed E-state index contributed by atoms with van der Waals surface area (Å²) >= 11 is 0. The SMILES string of the molecule is COc1ccc(S(=O)(=O)N2CCc3[nH]c4ccc(C(C)C)cc4c3C2)cc1C. The van der Waals surface area contributed by atoms with Gasteiger partial charge in [-0.15, -0.1) is 0 Å². The summed E-state index contributed by atoms with van der Waals surface area (Å²) in [6, 6.07) is 11.5. The van der Waals surface area contributed by atoms with E-state index in [1.54, 1.807) is 29.6 Å². The summed E-state index contributed by atoms with van der Waals surface area (Å²) in [6.07, 6.45) is 0.690. The molecule has 0 spiro atoms.